The van der Waals surface area contributed by atoms with Crippen LogP contribution in [0.1, 0.15) is 26.3 Å². The molecule has 172 valence electrons. The van der Waals surface area contributed by atoms with Crippen LogP contribution in [0, 0.1) is 0 Å². The van der Waals surface area contributed by atoms with Gasteiger partial charge >= 0.3 is 0 Å². The monoisotopic (exact) mass is 462 g/mol. The number of allylic oxidation sites excluding steroid dienone is 3. The number of hydrogen-bond donors (Lipinski definition) is 1. The molecule has 0 aliphatic carbocycles. The van der Waals surface area contributed by atoms with E-state index < -0.39 is 5.60 Å². The molecule has 5 nitrogen and oxygen atoms in total. The largest absolute Gasteiger partial charge is 0.504 e. The molecule has 0 bridgehead atoms. The average molecular weight is 463 g/mol. The van der Waals surface area contributed by atoms with Crippen molar-refractivity contribution in [3.63, 3.8) is 0 Å². The molecule has 0 unspecified atom stereocenters. The predicted octanol–water partition coefficient (Wildman–Crippen LogP) is 6.44. The fourth-order valence-electron chi connectivity index (χ4n) is 4.90. The number of rotatable bonds is 2. The SMILES string of the molecule is CC(C)=C/C=C/[C@]1(C)C=Cc2c(c(=O)c3cccc4oc5c(O)c6ccccc6c(=O)c5c2c43)O1. The number of aromatic hydroxyl groups is 1. The molecular formula is C30H22O5. The normalized spacial score (nSPS) is 17.5. The molecule has 5 heteroatoms. The summed E-state index contributed by atoms with van der Waals surface area (Å²) in [5.74, 6) is 0.0735. The van der Waals surface area contributed by atoms with Crippen LogP contribution >= 0.6 is 0 Å². The van der Waals surface area contributed by atoms with Gasteiger partial charge in [-0.15, -0.1) is 0 Å². The van der Waals surface area contributed by atoms with Gasteiger partial charge in [0.2, 0.25) is 5.43 Å². The van der Waals surface area contributed by atoms with Gasteiger partial charge in [0.25, 0.3) is 0 Å². The summed E-state index contributed by atoms with van der Waals surface area (Å²) >= 11 is 0. The minimum Gasteiger partial charge on any atom is -0.504 e. The third kappa shape index (κ3) is 3.01. The van der Waals surface area contributed by atoms with Crippen LogP contribution in [0.15, 0.2) is 86.3 Å². The van der Waals surface area contributed by atoms with Crippen LogP contribution in [0.25, 0.3) is 49.6 Å². The number of ether oxygens (including phenoxy) is 1. The molecular weight excluding hydrogens is 440 g/mol. The topological polar surface area (TPSA) is 76.7 Å². The molecule has 0 saturated heterocycles. The number of hydrogen-bond acceptors (Lipinski definition) is 5. The Morgan fingerprint density at radius 3 is 2.43 bits per heavy atom. The summed E-state index contributed by atoms with van der Waals surface area (Å²) in [6.07, 6.45) is 9.47. The molecule has 0 saturated carbocycles. The fraction of sp³-hybridized carbons (Fsp3) is 0.133. The second-order valence-corrected chi connectivity index (χ2v) is 9.38. The van der Waals surface area contributed by atoms with E-state index in [1.54, 1.807) is 42.5 Å². The molecule has 1 aromatic heterocycles. The van der Waals surface area contributed by atoms with Crippen LogP contribution in [0.5, 0.6) is 11.5 Å². The van der Waals surface area contributed by atoms with Crippen molar-refractivity contribution in [2.75, 3.05) is 0 Å². The van der Waals surface area contributed by atoms with Gasteiger partial charge in [0.05, 0.1) is 5.39 Å². The van der Waals surface area contributed by atoms with E-state index in [9.17, 15) is 14.7 Å². The highest BCUT2D eigenvalue weighted by molar-refractivity contribution is 6.24. The van der Waals surface area contributed by atoms with Crippen LogP contribution in [-0.4, -0.2) is 10.7 Å². The number of phenolic OH excluding ortho intramolecular Hbond substituents is 1. The minimum atomic E-state index is -0.837. The van der Waals surface area contributed by atoms with E-state index in [1.165, 1.54) is 0 Å². The van der Waals surface area contributed by atoms with Gasteiger partial charge in [-0.05, 0) is 39.0 Å². The summed E-state index contributed by atoms with van der Waals surface area (Å²) in [5.41, 5.74) is 0.797. The Morgan fingerprint density at radius 2 is 1.66 bits per heavy atom. The van der Waals surface area contributed by atoms with Crippen LogP contribution < -0.4 is 15.6 Å². The first-order valence-electron chi connectivity index (χ1n) is 11.4. The molecule has 0 amide bonds. The third-order valence-corrected chi connectivity index (χ3v) is 6.56. The summed E-state index contributed by atoms with van der Waals surface area (Å²) in [6, 6.07) is 12.1. The first-order valence-corrected chi connectivity index (χ1v) is 11.4. The first-order chi connectivity index (χ1) is 16.8. The maximum atomic E-state index is 13.7. The zero-order valence-corrected chi connectivity index (χ0v) is 19.5. The lowest BCUT2D eigenvalue weighted by Crippen LogP contribution is -2.32. The molecule has 1 aliphatic rings. The number of phenols is 1. The third-order valence-electron chi connectivity index (χ3n) is 6.56. The Kier molecular flexibility index (Phi) is 4.42. The van der Waals surface area contributed by atoms with Crippen molar-refractivity contribution in [2.45, 2.75) is 26.4 Å². The van der Waals surface area contributed by atoms with E-state index in [1.807, 2.05) is 51.2 Å². The molecule has 5 aromatic rings. The molecule has 1 N–H and O–H groups in total. The van der Waals surface area contributed by atoms with Gasteiger partial charge in [0.15, 0.2) is 22.5 Å². The van der Waals surface area contributed by atoms with E-state index >= 15 is 0 Å². The van der Waals surface area contributed by atoms with Crippen molar-refractivity contribution < 1.29 is 14.3 Å². The van der Waals surface area contributed by atoms with E-state index in [0.717, 1.165) is 5.57 Å². The van der Waals surface area contributed by atoms with E-state index in [-0.39, 0.29) is 33.3 Å². The zero-order valence-electron chi connectivity index (χ0n) is 19.5. The predicted molar refractivity (Wildman–Crippen MR) is 141 cm³/mol. The first kappa shape index (κ1) is 21.2. The molecule has 0 radical (unpaired) electrons. The molecule has 1 aliphatic heterocycles. The molecule has 4 aromatic carbocycles. The van der Waals surface area contributed by atoms with E-state index in [0.29, 0.717) is 38.1 Å². The number of benzene rings is 4. The zero-order chi connectivity index (χ0) is 24.5. The van der Waals surface area contributed by atoms with Crippen molar-refractivity contribution in [1.29, 1.82) is 0 Å². The second kappa shape index (κ2) is 7.31. The number of fused-ring (bicyclic) bond motifs is 5. The maximum Gasteiger partial charge on any atom is 0.229 e. The Bertz CT molecular complexity index is 1900. The van der Waals surface area contributed by atoms with Gasteiger partial charge in [0.1, 0.15) is 11.2 Å². The van der Waals surface area contributed by atoms with Gasteiger partial charge in [-0.2, -0.15) is 0 Å². The Labute approximate surface area is 200 Å². The summed E-state index contributed by atoms with van der Waals surface area (Å²) in [4.78, 5) is 27.3. The van der Waals surface area contributed by atoms with Crippen molar-refractivity contribution in [1.82, 2.24) is 0 Å². The lowest BCUT2D eigenvalue weighted by Gasteiger charge is -2.29. The van der Waals surface area contributed by atoms with Crippen LogP contribution in [0.2, 0.25) is 0 Å². The molecule has 2 heterocycles. The lowest BCUT2D eigenvalue weighted by atomic mass is 9.91. The lowest BCUT2D eigenvalue weighted by molar-refractivity contribution is 0.188. The Hall–Kier alpha value is -4.38. The van der Waals surface area contributed by atoms with Crippen molar-refractivity contribution in [3.8, 4) is 11.5 Å². The highest BCUT2D eigenvalue weighted by atomic mass is 16.5. The summed E-state index contributed by atoms with van der Waals surface area (Å²) in [6.45, 7) is 5.88. The van der Waals surface area contributed by atoms with Crippen LogP contribution in [0.4, 0.5) is 0 Å². The standard InChI is InChI=1S/C30H22O5/c1-16(2)8-7-14-30(3)15-13-20-23-22-19(27(33)28(20)35-30)11-6-12-21(22)34-29-24(23)25(31)17-9-4-5-10-18(17)26(29)32/h4-15,32H,1-3H3/b14-7+/t30-/m1/s1. The maximum absolute atomic E-state index is 13.7. The Balaban J connectivity index is 1.79. The van der Waals surface area contributed by atoms with Crippen molar-refractivity contribution in [2.24, 2.45) is 0 Å². The van der Waals surface area contributed by atoms with Crippen molar-refractivity contribution in [3.05, 3.63) is 98.4 Å². The van der Waals surface area contributed by atoms with Gasteiger partial charge < -0.3 is 14.3 Å². The van der Waals surface area contributed by atoms with Crippen molar-refractivity contribution >= 4 is 49.6 Å². The van der Waals surface area contributed by atoms with Crippen LogP contribution in [0.3, 0.4) is 0 Å². The Morgan fingerprint density at radius 1 is 0.914 bits per heavy atom. The second-order valence-electron chi connectivity index (χ2n) is 9.38. The minimum absolute atomic E-state index is 0.0970. The summed E-state index contributed by atoms with van der Waals surface area (Å²) < 4.78 is 12.4. The fourth-order valence-corrected chi connectivity index (χ4v) is 4.90. The van der Waals surface area contributed by atoms with E-state index in [4.69, 9.17) is 9.15 Å². The highest BCUT2D eigenvalue weighted by Crippen LogP contribution is 2.43. The van der Waals surface area contributed by atoms with Gasteiger partial charge in [-0.25, -0.2) is 0 Å². The highest BCUT2D eigenvalue weighted by Gasteiger charge is 2.31. The van der Waals surface area contributed by atoms with Gasteiger partial charge in [-0.3, -0.25) is 9.59 Å². The summed E-state index contributed by atoms with van der Waals surface area (Å²) in [5, 5.41) is 13.6. The molecule has 0 fully saturated rings. The summed E-state index contributed by atoms with van der Waals surface area (Å²) in [7, 11) is 0. The molecule has 35 heavy (non-hydrogen) atoms. The molecule has 6 rings (SSSR count). The quantitative estimate of drug-likeness (QED) is 0.186. The molecule has 0 spiro atoms. The van der Waals surface area contributed by atoms with Crippen LogP contribution in [-0.2, 0) is 0 Å². The molecule has 1 atom stereocenters. The van der Waals surface area contributed by atoms with Gasteiger partial charge in [0, 0.05) is 32.5 Å². The van der Waals surface area contributed by atoms with E-state index in [2.05, 4.69) is 0 Å². The average Bonchev–Trinajstić information content (AvgIpc) is 2.84. The smallest absolute Gasteiger partial charge is 0.229 e. The van der Waals surface area contributed by atoms with Gasteiger partial charge in [-0.1, -0.05) is 60.2 Å².